The van der Waals surface area contributed by atoms with Crippen molar-refractivity contribution in [2.45, 2.75) is 25.9 Å². The summed E-state index contributed by atoms with van der Waals surface area (Å²) in [7, 11) is 0. The summed E-state index contributed by atoms with van der Waals surface area (Å²) in [5.74, 6) is 0. The van der Waals surface area contributed by atoms with E-state index in [2.05, 4.69) is 51.0 Å². The largest absolute Gasteiger partial charge is 0.380 e. The summed E-state index contributed by atoms with van der Waals surface area (Å²) in [5, 5.41) is 3.50. The van der Waals surface area contributed by atoms with Gasteiger partial charge in [-0.25, -0.2) is 0 Å². The van der Waals surface area contributed by atoms with Crippen molar-refractivity contribution in [3.63, 3.8) is 0 Å². The lowest BCUT2D eigenvalue weighted by molar-refractivity contribution is 0.0176. The number of ether oxygens (including phenoxy) is 1. The minimum absolute atomic E-state index is 0.374. The average molecular weight is 314 g/mol. The fourth-order valence-electron chi connectivity index (χ4n) is 2.18. The third-order valence-corrected chi connectivity index (χ3v) is 3.88. The van der Waals surface area contributed by atoms with E-state index in [1.165, 1.54) is 0 Å². The lowest BCUT2D eigenvalue weighted by atomic mass is 10.1. The third-order valence-electron chi connectivity index (χ3n) is 3.44. The van der Waals surface area contributed by atoms with Gasteiger partial charge in [-0.1, -0.05) is 0 Å². The smallest absolute Gasteiger partial charge is 0.0594 e. The van der Waals surface area contributed by atoms with Gasteiger partial charge in [-0.05, 0) is 35.8 Å². The van der Waals surface area contributed by atoms with Gasteiger partial charge >= 0.3 is 0 Å². The van der Waals surface area contributed by atoms with Crippen LogP contribution in [0.2, 0.25) is 0 Å². The maximum Gasteiger partial charge on any atom is 0.0594 e. The lowest BCUT2D eigenvalue weighted by Crippen LogP contribution is -2.48. The van der Waals surface area contributed by atoms with Crippen molar-refractivity contribution >= 4 is 21.6 Å². The second-order valence-electron chi connectivity index (χ2n) is 4.71. The molecule has 18 heavy (non-hydrogen) atoms. The normalized spacial score (nSPS) is 20.4. The van der Waals surface area contributed by atoms with Crippen LogP contribution in [0.3, 0.4) is 0 Å². The van der Waals surface area contributed by atoms with E-state index < -0.39 is 0 Å². The minimum Gasteiger partial charge on any atom is -0.380 e. The molecule has 0 amide bonds. The van der Waals surface area contributed by atoms with Crippen molar-refractivity contribution in [2.75, 3.05) is 31.6 Å². The molecule has 0 aromatic carbocycles. The van der Waals surface area contributed by atoms with Crippen LogP contribution in [0, 0.1) is 0 Å². The Morgan fingerprint density at radius 2 is 2.06 bits per heavy atom. The molecule has 2 rings (SSSR count). The Kier molecular flexibility index (Phi) is 4.97. The van der Waals surface area contributed by atoms with E-state index in [0.29, 0.717) is 12.1 Å². The van der Waals surface area contributed by atoms with Crippen molar-refractivity contribution < 1.29 is 4.74 Å². The predicted molar refractivity (Wildman–Crippen MR) is 76.9 cm³/mol. The van der Waals surface area contributed by atoms with Crippen LogP contribution in [-0.2, 0) is 4.74 Å². The maximum atomic E-state index is 5.39. The number of rotatable bonds is 4. The monoisotopic (exact) mass is 313 g/mol. The van der Waals surface area contributed by atoms with Gasteiger partial charge in [0.2, 0.25) is 0 Å². The number of aromatic nitrogens is 1. The van der Waals surface area contributed by atoms with E-state index >= 15 is 0 Å². The van der Waals surface area contributed by atoms with Crippen LogP contribution in [0.25, 0.3) is 0 Å². The molecule has 1 aromatic rings. The first-order valence-corrected chi connectivity index (χ1v) is 7.15. The first kappa shape index (κ1) is 13.8. The Morgan fingerprint density at radius 1 is 1.33 bits per heavy atom. The highest BCUT2D eigenvalue weighted by Crippen LogP contribution is 2.17. The molecule has 1 aliphatic heterocycles. The van der Waals surface area contributed by atoms with Crippen LogP contribution in [-0.4, -0.2) is 48.3 Å². The SMILES string of the molecule is CC(Nc1cncc(Br)c1)C(C)N1CCOCC1. The summed E-state index contributed by atoms with van der Waals surface area (Å²) in [4.78, 5) is 6.63. The van der Waals surface area contributed by atoms with Crippen molar-refractivity contribution in [1.82, 2.24) is 9.88 Å². The van der Waals surface area contributed by atoms with Crippen molar-refractivity contribution in [3.8, 4) is 0 Å². The Morgan fingerprint density at radius 3 is 2.72 bits per heavy atom. The van der Waals surface area contributed by atoms with Crippen molar-refractivity contribution in [2.24, 2.45) is 0 Å². The second-order valence-corrected chi connectivity index (χ2v) is 5.63. The van der Waals surface area contributed by atoms with Gasteiger partial charge in [0.05, 0.1) is 25.1 Å². The van der Waals surface area contributed by atoms with Crippen molar-refractivity contribution in [1.29, 1.82) is 0 Å². The Labute approximate surface area is 117 Å². The highest BCUT2D eigenvalue weighted by Gasteiger charge is 2.21. The molecule has 0 bridgehead atoms. The average Bonchev–Trinajstić information content (AvgIpc) is 2.39. The molecule has 100 valence electrons. The molecule has 0 radical (unpaired) electrons. The van der Waals surface area contributed by atoms with Gasteiger partial charge < -0.3 is 10.1 Å². The molecular weight excluding hydrogens is 294 g/mol. The van der Waals surface area contributed by atoms with Crippen LogP contribution in [0.15, 0.2) is 22.9 Å². The fourth-order valence-corrected chi connectivity index (χ4v) is 2.54. The van der Waals surface area contributed by atoms with Gasteiger partial charge in [0.25, 0.3) is 0 Å². The molecule has 0 spiro atoms. The summed E-state index contributed by atoms with van der Waals surface area (Å²) >= 11 is 3.44. The van der Waals surface area contributed by atoms with Crippen LogP contribution in [0.5, 0.6) is 0 Å². The number of halogens is 1. The summed E-state index contributed by atoms with van der Waals surface area (Å²) in [6.45, 7) is 8.19. The summed E-state index contributed by atoms with van der Waals surface area (Å²) in [6.07, 6.45) is 3.65. The molecule has 1 saturated heterocycles. The molecular formula is C13H20BrN3O. The van der Waals surface area contributed by atoms with Crippen LogP contribution < -0.4 is 5.32 Å². The number of hydrogen-bond acceptors (Lipinski definition) is 4. The Hall–Kier alpha value is -0.650. The van der Waals surface area contributed by atoms with E-state index in [1.807, 2.05) is 6.20 Å². The van der Waals surface area contributed by atoms with Gasteiger partial charge in [-0.3, -0.25) is 9.88 Å². The zero-order valence-electron chi connectivity index (χ0n) is 10.9. The third kappa shape index (κ3) is 3.67. The first-order chi connectivity index (χ1) is 8.66. The molecule has 5 heteroatoms. The van der Waals surface area contributed by atoms with E-state index in [4.69, 9.17) is 4.74 Å². The van der Waals surface area contributed by atoms with Gasteiger partial charge in [-0.15, -0.1) is 0 Å². The molecule has 2 heterocycles. The number of pyridine rings is 1. The molecule has 2 atom stereocenters. The lowest BCUT2D eigenvalue weighted by Gasteiger charge is -2.36. The predicted octanol–water partition coefficient (Wildman–Crippen LogP) is 2.37. The number of nitrogens with one attached hydrogen (secondary N) is 1. The minimum atomic E-state index is 0.374. The number of hydrogen-bond donors (Lipinski definition) is 1. The van der Waals surface area contributed by atoms with Gasteiger partial charge in [0, 0.05) is 35.8 Å². The highest BCUT2D eigenvalue weighted by atomic mass is 79.9. The zero-order valence-corrected chi connectivity index (χ0v) is 12.5. The molecule has 1 aliphatic rings. The number of anilines is 1. The fraction of sp³-hybridized carbons (Fsp3) is 0.615. The highest BCUT2D eigenvalue weighted by molar-refractivity contribution is 9.10. The zero-order chi connectivity index (χ0) is 13.0. The Bertz CT molecular complexity index is 382. The molecule has 1 fully saturated rings. The van der Waals surface area contributed by atoms with E-state index in [9.17, 15) is 0 Å². The van der Waals surface area contributed by atoms with Crippen LogP contribution in [0.4, 0.5) is 5.69 Å². The summed E-state index contributed by atoms with van der Waals surface area (Å²) in [6, 6.07) is 2.90. The van der Waals surface area contributed by atoms with Crippen LogP contribution in [0.1, 0.15) is 13.8 Å². The standard InChI is InChI=1S/C13H20BrN3O/c1-10(11(2)17-3-5-18-6-4-17)16-13-7-12(14)8-15-9-13/h7-11,16H,3-6H2,1-2H3. The molecule has 1 N–H and O–H groups in total. The summed E-state index contributed by atoms with van der Waals surface area (Å²) < 4.78 is 6.38. The molecule has 4 nitrogen and oxygen atoms in total. The summed E-state index contributed by atoms with van der Waals surface area (Å²) in [5.41, 5.74) is 1.05. The quantitative estimate of drug-likeness (QED) is 0.926. The molecule has 0 saturated carbocycles. The molecule has 0 aliphatic carbocycles. The van der Waals surface area contributed by atoms with Gasteiger partial charge in [-0.2, -0.15) is 0 Å². The number of nitrogens with zero attached hydrogens (tertiary/aromatic N) is 2. The van der Waals surface area contributed by atoms with Gasteiger partial charge in [0.15, 0.2) is 0 Å². The van der Waals surface area contributed by atoms with E-state index in [-0.39, 0.29) is 0 Å². The number of morpholine rings is 1. The maximum absolute atomic E-state index is 5.39. The van der Waals surface area contributed by atoms with E-state index in [0.717, 1.165) is 36.5 Å². The molecule has 2 unspecified atom stereocenters. The van der Waals surface area contributed by atoms with Crippen LogP contribution >= 0.6 is 15.9 Å². The van der Waals surface area contributed by atoms with E-state index in [1.54, 1.807) is 6.20 Å². The second kappa shape index (κ2) is 6.50. The topological polar surface area (TPSA) is 37.4 Å². The first-order valence-electron chi connectivity index (χ1n) is 6.35. The van der Waals surface area contributed by atoms with Crippen molar-refractivity contribution in [3.05, 3.63) is 22.9 Å². The van der Waals surface area contributed by atoms with Gasteiger partial charge in [0.1, 0.15) is 0 Å². The molecule has 1 aromatic heterocycles. The Balaban J connectivity index is 1.92.